The van der Waals surface area contributed by atoms with Crippen molar-refractivity contribution in [2.75, 3.05) is 18.0 Å². The van der Waals surface area contributed by atoms with E-state index in [2.05, 4.69) is 4.90 Å². The molecule has 0 spiro atoms. The Bertz CT molecular complexity index is 728. The summed E-state index contributed by atoms with van der Waals surface area (Å²) in [7, 11) is 0. The van der Waals surface area contributed by atoms with Crippen molar-refractivity contribution in [1.82, 2.24) is 4.90 Å². The van der Waals surface area contributed by atoms with E-state index in [1.165, 1.54) is 29.2 Å². The number of carboxylic acid groups (broad SMARTS) is 1. The highest BCUT2D eigenvalue weighted by atomic mass is 19.1. The van der Waals surface area contributed by atoms with Gasteiger partial charge in [-0.3, -0.25) is 0 Å². The number of halogens is 2. The number of rotatable bonds is 4. The Hall–Kier alpha value is -2.63. The van der Waals surface area contributed by atoms with Crippen LogP contribution in [0.15, 0.2) is 48.5 Å². The lowest BCUT2D eigenvalue weighted by atomic mass is 10.0. The first kappa shape index (κ1) is 17.2. The van der Waals surface area contributed by atoms with Crippen LogP contribution >= 0.6 is 0 Å². The number of piperidine rings is 1. The van der Waals surface area contributed by atoms with Gasteiger partial charge in [-0.2, -0.15) is 0 Å². The molecule has 2 aromatic carbocycles. The summed E-state index contributed by atoms with van der Waals surface area (Å²) in [6, 6.07) is 12.7. The SMILES string of the molecule is O=C(O)N1CCC(N(Cc2ccc(F)cc2)c2cccc(F)c2)CC1. The first-order chi connectivity index (χ1) is 12.0. The average molecular weight is 346 g/mol. The monoisotopic (exact) mass is 346 g/mol. The van der Waals surface area contributed by atoms with Crippen molar-refractivity contribution in [2.24, 2.45) is 0 Å². The van der Waals surface area contributed by atoms with Gasteiger partial charge in [-0.05, 0) is 48.7 Å². The van der Waals surface area contributed by atoms with Crippen molar-refractivity contribution in [2.45, 2.75) is 25.4 Å². The minimum atomic E-state index is -0.908. The number of hydrogen-bond donors (Lipinski definition) is 1. The maximum atomic E-state index is 13.7. The molecule has 0 atom stereocenters. The highest BCUT2D eigenvalue weighted by Gasteiger charge is 2.27. The lowest BCUT2D eigenvalue weighted by Gasteiger charge is -2.39. The van der Waals surface area contributed by atoms with Crippen LogP contribution < -0.4 is 4.90 Å². The van der Waals surface area contributed by atoms with Crippen molar-refractivity contribution < 1.29 is 18.7 Å². The van der Waals surface area contributed by atoms with E-state index in [4.69, 9.17) is 5.11 Å². The molecule has 1 heterocycles. The maximum Gasteiger partial charge on any atom is 0.407 e. The number of nitrogens with zero attached hydrogens (tertiary/aromatic N) is 2. The molecule has 2 aromatic rings. The summed E-state index contributed by atoms with van der Waals surface area (Å²) >= 11 is 0. The molecule has 1 fully saturated rings. The predicted molar refractivity (Wildman–Crippen MR) is 91.6 cm³/mol. The molecule has 0 bridgehead atoms. The summed E-state index contributed by atoms with van der Waals surface area (Å²) in [5.41, 5.74) is 1.67. The molecule has 0 saturated carbocycles. The van der Waals surface area contributed by atoms with Crippen LogP contribution in [0.4, 0.5) is 19.3 Å². The predicted octanol–water partition coefficient (Wildman–Crippen LogP) is 4.11. The van der Waals surface area contributed by atoms with Crippen molar-refractivity contribution in [1.29, 1.82) is 0 Å². The molecule has 4 nitrogen and oxygen atoms in total. The molecule has 0 unspecified atom stereocenters. The second-order valence-electron chi connectivity index (χ2n) is 6.24. The van der Waals surface area contributed by atoms with Crippen LogP contribution in [0.5, 0.6) is 0 Å². The van der Waals surface area contributed by atoms with Gasteiger partial charge in [0, 0.05) is 31.4 Å². The van der Waals surface area contributed by atoms with E-state index < -0.39 is 6.09 Å². The second kappa shape index (κ2) is 7.51. The molecule has 1 amide bonds. The van der Waals surface area contributed by atoms with E-state index in [0.717, 1.165) is 11.3 Å². The zero-order chi connectivity index (χ0) is 17.8. The average Bonchev–Trinajstić information content (AvgIpc) is 2.61. The van der Waals surface area contributed by atoms with Gasteiger partial charge in [0.15, 0.2) is 0 Å². The summed E-state index contributed by atoms with van der Waals surface area (Å²) in [6.45, 7) is 1.42. The second-order valence-corrected chi connectivity index (χ2v) is 6.24. The summed E-state index contributed by atoms with van der Waals surface area (Å²) in [4.78, 5) is 14.6. The van der Waals surface area contributed by atoms with E-state index in [1.807, 2.05) is 6.07 Å². The first-order valence-electron chi connectivity index (χ1n) is 8.27. The molecule has 25 heavy (non-hydrogen) atoms. The molecule has 1 aliphatic rings. The maximum absolute atomic E-state index is 13.7. The Morgan fingerprint density at radius 1 is 1.08 bits per heavy atom. The van der Waals surface area contributed by atoms with Gasteiger partial charge < -0.3 is 14.9 Å². The molecule has 0 radical (unpaired) electrons. The molecule has 1 saturated heterocycles. The lowest BCUT2D eigenvalue weighted by molar-refractivity contribution is 0.131. The van der Waals surface area contributed by atoms with Crippen molar-refractivity contribution >= 4 is 11.8 Å². The molecule has 6 heteroatoms. The minimum Gasteiger partial charge on any atom is -0.465 e. The standard InChI is InChI=1S/C19H20F2N2O2/c20-15-6-4-14(5-7-15)13-23(18-3-1-2-16(21)12-18)17-8-10-22(11-9-17)19(24)25/h1-7,12,17H,8-11,13H2,(H,24,25). The summed E-state index contributed by atoms with van der Waals surface area (Å²) in [5.74, 6) is -0.611. The summed E-state index contributed by atoms with van der Waals surface area (Å²) in [6.07, 6.45) is 0.433. The van der Waals surface area contributed by atoms with Crippen LogP contribution in [0.3, 0.4) is 0 Å². The van der Waals surface area contributed by atoms with Gasteiger partial charge in [0.05, 0.1) is 0 Å². The third-order valence-electron chi connectivity index (χ3n) is 4.58. The Kier molecular flexibility index (Phi) is 5.16. The quantitative estimate of drug-likeness (QED) is 0.906. The van der Waals surface area contributed by atoms with Crippen LogP contribution in [-0.4, -0.2) is 35.2 Å². The van der Waals surface area contributed by atoms with Crippen LogP contribution in [0.2, 0.25) is 0 Å². The van der Waals surface area contributed by atoms with Crippen LogP contribution in [0.25, 0.3) is 0 Å². The molecule has 3 rings (SSSR count). The van der Waals surface area contributed by atoms with E-state index in [1.54, 1.807) is 18.2 Å². The van der Waals surface area contributed by atoms with Crippen molar-refractivity contribution in [3.8, 4) is 0 Å². The largest absolute Gasteiger partial charge is 0.465 e. The molecular weight excluding hydrogens is 326 g/mol. The molecular formula is C19H20F2N2O2. The van der Waals surface area contributed by atoms with Gasteiger partial charge in [-0.15, -0.1) is 0 Å². The Morgan fingerprint density at radius 3 is 2.36 bits per heavy atom. The molecule has 0 aliphatic carbocycles. The number of likely N-dealkylation sites (tertiary alicyclic amines) is 1. The van der Waals surface area contributed by atoms with E-state index in [0.29, 0.717) is 32.5 Å². The minimum absolute atomic E-state index is 0.0995. The van der Waals surface area contributed by atoms with Crippen LogP contribution in [-0.2, 0) is 6.54 Å². The molecule has 0 aromatic heterocycles. The van der Waals surface area contributed by atoms with E-state index in [-0.39, 0.29) is 17.7 Å². The topological polar surface area (TPSA) is 43.8 Å². The Balaban J connectivity index is 1.82. The summed E-state index contributed by atoms with van der Waals surface area (Å²) in [5, 5.41) is 9.10. The fourth-order valence-electron chi connectivity index (χ4n) is 3.24. The zero-order valence-electron chi connectivity index (χ0n) is 13.7. The van der Waals surface area contributed by atoms with Gasteiger partial charge in [0.2, 0.25) is 0 Å². The lowest BCUT2D eigenvalue weighted by Crippen LogP contribution is -2.46. The highest BCUT2D eigenvalue weighted by molar-refractivity contribution is 5.65. The Labute approximate surface area is 145 Å². The highest BCUT2D eigenvalue weighted by Crippen LogP contribution is 2.26. The third kappa shape index (κ3) is 4.26. The van der Waals surface area contributed by atoms with Gasteiger partial charge in [0.25, 0.3) is 0 Å². The molecule has 1 N–H and O–H groups in total. The first-order valence-corrected chi connectivity index (χ1v) is 8.27. The summed E-state index contributed by atoms with van der Waals surface area (Å²) < 4.78 is 26.8. The number of benzene rings is 2. The van der Waals surface area contributed by atoms with E-state index in [9.17, 15) is 13.6 Å². The normalized spacial score (nSPS) is 15.2. The van der Waals surface area contributed by atoms with Gasteiger partial charge in [0.1, 0.15) is 11.6 Å². The number of carbonyl (C=O) groups is 1. The Morgan fingerprint density at radius 2 is 1.76 bits per heavy atom. The molecule has 132 valence electrons. The number of amides is 1. The van der Waals surface area contributed by atoms with E-state index >= 15 is 0 Å². The van der Waals surface area contributed by atoms with Crippen LogP contribution in [0, 0.1) is 11.6 Å². The molecule has 1 aliphatic heterocycles. The smallest absolute Gasteiger partial charge is 0.407 e. The van der Waals surface area contributed by atoms with Gasteiger partial charge in [-0.1, -0.05) is 18.2 Å². The zero-order valence-corrected chi connectivity index (χ0v) is 13.7. The van der Waals surface area contributed by atoms with Gasteiger partial charge in [-0.25, -0.2) is 13.6 Å². The fourth-order valence-corrected chi connectivity index (χ4v) is 3.24. The fraction of sp³-hybridized carbons (Fsp3) is 0.316. The number of anilines is 1. The number of hydrogen-bond acceptors (Lipinski definition) is 2. The van der Waals surface area contributed by atoms with Gasteiger partial charge >= 0.3 is 6.09 Å². The van der Waals surface area contributed by atoms with Crippen molar-refractivity contribution in [3.63, 3.8) is 0 Å². The van der Waals surface area contributed by atoms with Crippen molar-refractivity contribution in [3.05, 3.63) is 65.7 Å². The third-order valence-corrected chi connectivity index (χ3v) is 4.58. The van der Waals surface area contributed by atoms with Crippen LogP contribution in [0.1, 0.15) is 18.4 Å².